The van der Waals surface area contributed by atoms with Crippen LogP contribution >= 0.6 is 0 Å². The highest BCUT2D eigenvalue weighted by atomic mass is 19.2. The van der Waals surface area contributed by atoms with Crippen molar-refractivity contribution >= 4 is 23.1 Å². The van der Waals surface area contributed by atoms with Gasteiger partial charge < -0.3 is 20.1 Å². The number of rotatable bonds is 6. The number of hydrogen-bond donors (Lipinski definition) is 2. The third-order valence-electron chi connectivity index (χ3n) is 3.87. The van der Waals surface area contributed by atoms with E-state index in [1.165, 1.54) is 12.3 Å². The molecule has 1 aromatic heterocycles. The predicted octanol–water partition coefficient (Wildman–Crippen LogP) is 4.37. The molecule has 0 bridgehead atoms. The zero-order chi connectivity index (χ0) is 20.1. The van der Waals surface area contributed by atoms with Gasteiger partial charge >= 0.3 is 0 Å². The highest BCUT2D eigenvalue weighted by Crippen LogP contribution is 2.31. The molecule has 2 N–H and O–H groups in total. The van der Waals surface area contributed by atoms with Crippen LogP contribution in [-0.2, 0) is 0 Å². The van der Waals surface area contributed by atoms with Crippen molar-refractivity contribution in [3.63, 3.8) is 0 Å². The average Bonchev–Trinajstić information content (AvgIpc) is 2.71. The van der Waals surface area contributed by atoms with Crippen LogP contribution in [0.25, 0.3) is 0 Å². The number of carbonyl (C=O) groups is 1. The number of aromatic nitrogens is 1. The fraction of sp³-hybridized carbons (Fsp3) is 0.100. The van der Waals surface area contributed by atoms with Crippen molar-refractivity contribution in [2.24, 2.45) is 0 Å². The lowest BCUT2D eigenvalue weighted by Gasteiger charge is -2.12. The van der Waals surface area contributed by atoms with Crippen LogP contribution in [0.2, 0.25) is 0 Å². The standard InChI is InChI=1S/C20H17F2N3O3/c1-27-14-5-7-18(28-2)17(10-14)25-19-8-3-12(11-23-19)20(26)24-13-4-6-15(21)16(22)9-13/h3-11H,1-2H3,(H,23,25)(H,24,26). The van der Waals surface area contributed by atoms with E-state index in [9.17, 15) is 13.6 Å². The van der Waals surface area contributed by atoms with Gasteiger partial charge in [0.05, 0.1) is 25.5 Å². The molecule has 8 heteroatoms. The Hall–Kier alpha value is -3.68. The Morgan fingerprint density at radius 3 is 2.43 bits per heavy atom. The monoisotopic (exact) mass is 385 g/mol. The van der Waals surface area contributed by atoms with Crippen molar-refractivity contribution in [1.29, 1.82) is 0 Å². The third kappa shape index (κ3) is 4.35. The van der Waals surface area contributed by atoms with E-state index >= 15 is 0 Å². The fourth-order valence-electron chi connectivity index (χ4n) is 2.43. The first-order valence-corrected chi connectivity index (χ1v) is 8.21. The molecule has 0 aliphatic carbocycles. The van der Waals surface area contributed by atoms with E-state index in [0.717, 1.165) is 12.1 Å². The zero-order valence-corrected chi connectivity index (χ0v) is 15.1. The summed E-state index contributed by atoms with van der Waals surface area (Å²) in [6.45, 7) is 0. The number of ether oxygens (including phenoxy) is 2. The molecule has 0 saturated heterocycles. The molecular formula is C20H17F2N3O3. The number of nitrogens with one attached hydrogen (secondary N) is 2. The molecule has 0 radical (unpaired) electrons. The van der Waals surface area contributed by atoms with Crippen molar-refractivity contribution in [3.05, 3.63) is 71.9 Å². The van der Waals surface area contributed by atoms with Crippen LogP contribution in [0.1, 0.15) is 10.4 Å². The first kappa shape index (κ1) is 19.1. The maximum atomic E-state index is 13.2. The SMILES string of the molecule is COc1ccc(OC)c(Nc2ccc(C(=O)Nc3ccc(F)c(F)c3)cn2)c1. The van der Waals surface area contributed by atoms with Gasteiger partial charge in [0.15, 0.2) is 11.6 Å². The van der Waals surface area contributed by atoms with Crippen LogP contribution in [0.3, 0.4) is 0 Å². The maximum Gasteiger partial charge on any atom is 0.257 e. The van der Waals surface area contributed by atoms with E-state index in [1.807, 2.05) is 0 Å². The molecule has 3 rings (SSSR count). The molecular weight excluding hydrogens is 368 g/mol. The van der Waals surface area contributed by atoms with Gasteiger partial charge in [-0.05, 0) is 36.4 Å². The molecule has 1 heterocycles. The van der Waals surface area contributed by atoms with E-state index in [-0.39, 0.29) is 11.3 Å². The summed E-state index contributed by atoms with van der Waals surface area (Å²) in [7, 11) is 3.11. The van der Waals surface area contributed by atoms with E-state index in [1.54, 1.807) is 44.6 Å². The first-order valence-electron chi connectivity index (χ1n) is 8.21. The molecule has 0 aliphatic heterocycles. The Kier molecular flexibility index (Phi) is 5.69. The van der Waals surface area contributed by atoms with Crippen LogP contribution in [0.4, 0.5) is 26.0 Å². The minimum atomic E-state index is -1.04. The average molecular weight is 385 g/mol. The molecule has 0 fully saturated rings. The van der Waals surface area contributed by atoms with Gasteiger partial charge in [0, 0.05) is 24.0 Å². The Labute approximate surface area is 160 Å². The van der Waals surface area contributed by atoms with Crippen molar-refractivity contribution in [3.8, 4) is 11.5 Å². The largest absolute Gasteiger partial charge is 0.497 e. The molecule has 144 valence electrons. The van der Waals surface area contributed by atoms with Crippen molar-refractivity contribution < 1.29 is 23.0 Å². The second-order valence-electron chi connectivity index (χ2n) is 5.71. The maximum absolute atomic E-state index is 13.2. The summed E-state index contributed by atoms with van der Waals surface area (Å²) in [5.74, 6) is -0.792. The van der Waals surface area contributed by atoms with Crippen LogP contribution < -0.4 is 20.1 Å². The van der Waals surface area contributed by atoms with E-state index in [0.29, 0.717) is 23.0 Å². The van der Waals surface area contributed by atoms with Gasteiger partial charge in [-0.25, -0.2) is 13.8 Å². The number of hydrogen-bond acceptors (Lipinski definition) is 5. The lowest BCUT2D eigenvalue weighted by atomic mass is 10.2. The lowest BCUT2D eigenvalue weighted by Crippen LogP contribution is -2.12. The van der Waals surface area contributed by atoms with Crippen molar-refractivity contribution in [2.45, 2.75) is 0 Å². The van der Waals surface area contributed by atoms with E-state index < -0.39 is 17.5 Å². The van der Waals surface area contributed by atoms with Gasteiger partial charge in [0.1, 0.15) is 17.3 Å². The minimum Gasteiger partial charge on any atom is -0.497 e. The predicted molar refractivity (Wildman–Crippen MR) is 101 cm³/mol. The van der Waals surface area contributed by atoms with E-state index in [2.05, 4.69) is 15.6 Å². The molecule has 0 saturated carbocycles. The molecule has 0 aliphatic rings. The van der Waals surface area contributed by atoms with Crippen LogP contribution in [0, 0.1) is 11.6 Å². The Bertz CT molecular complexity index is 994. The Morgan fingerprint density at radius 2 is 1.79 bits per heavy atom. The number of methoxy groups -OCH3 is 2. The highest BCUT2D eigenvalue weighted by Gasteiger charge is 2.10. The van der Waals surface area contributed by atoms with Crippen molar-refractivity contribution in [1.82, 2.24) is 4.98 Å². The summed E-state index contributed by atoms with van der Waals surface area (Å²) in [4.78, 5) is 16.4. The number of anilines is 3. The summed E-state index contributed by atoms with van der Waals surface area (Å²) in [5.41, 5.74) is 1.05. The number of carbonyl (C=O) groups excluding carboxylic acids is 1. The quantitative estimate of drug-likeness (QED) is 0.659. The molecule has 6 nitrogen and oxygen atoms in total. The third-order valence-corrected chi connectivity index (χ3v) is 3.87. The van der Waals surface area contributed by atoms with Gasteiger partial charge in [-0.1, -0.05) is 0 Å². The number of amides is 1. The van der Waals surface area contributed by atoms with Gasteiger partial charge in [0.25, 0.3) is 5.91 Å². The molecule has 0 spiro atoms. The second kappa shape index (κ2) is 8.34. The summed E-state index contributed by atoms with van der Waals surface area (Å²) in [6.07, 6.45) is 1.37. The highest BCUT2D eigenvalue weighted by molar-refractivity contribution is 6.04. The lowest BCUT2D eigenvalue weighted by molar-refractivity contribution is 0.102. The van der Waals surface area contributed by atoms with Gasteiger partial charge in [-0.2, -0.15) is 0 Å². The minimum absolute atomic E-state index is 0.146. The van der Waals surface area contributed by atoms with Crippen LogP contribution in [0.15, 0.2) is 54.7 Å². The van der Waals surface area contributed by atoms with Gasteiger partial charge in [-0.15, -0.1) is 0 Å². The summed E-state index contributed by atoms with van der Waals surface area (Å²) >= 11 is 0. The van der Waals surface area contributed by atoms with Gasteiger partial charge in [-0.3, -0.25) is 4.79 Å². The first-order chi connectivity index (χ1) is 13.5. The number of benzene rings is 2. The van der Waals surface area contributed by atoms with Crippen LogP contribution in [0.5, 0.6) is 11.5 Å². The molecule has 0 atom stereocenters. The summed E-state index contributed by atoms with van der Waals surface area (Å²) in [5, 5.41) is 5.57. The molecule has 28 heavy (non-hydrogen) atoms. The molecule has 0 unspecified atom stereocenters. The topological polar surface area (TPSA) is 72.5 Å². The Balaban J connectivity index is 1.72. The van der Waals surface area contributed by atoms with Crippen molar-refractivity contribution in [2.75, 3.05) is 24.9 Å². The molecule has 1 amide bonds. The zero-order valence-electron chi connectivity index (χ0n) is 15.1. The summed E-state index contributed by atoms with van der Waals surface area (Å²) in [6, 6.07) is 11.6. The molecule has 2 aromatic carbocycles. The second-order valence-corrected chi connectivity index (χ2v) is 5.71. The summed E-state index contributed by atoms with van der Waals surface area (Å²) < 4.78 is 36.7. The fourth-order valence-corrected chi connectivity index (χ4v) is 2.43. The number of halogens is 2. The Morgan fingerprint density at radius 1 is 0.964 bits per heavy atom. The number of nitrogens with zero attached hydrogens (tertiary/aromatic N) is 1. The van der Waals surface area contributed by atoms with Gasteiger partial charge in [0.2, 0.25) is 0 Å². The normalized spacial score (nSPS) is 10.3. The smallest absolute Gasteiger partial charge is 0.257 e. The van der Waals surface area contributed by atoms with E-state index in [4.69, 9.17) is 9.47 Å². The number of pyridine rings is 1. The molecule has 3 aromatic rings. The van der Waals surface area contributed by atoms with Crippen LogP contribution in [-0.4, -0.2) is 25.1 Å².